The molecular weight excluding hydrogens is 473 g/mol. The lowest BCUT2D eigenvalue weighted by Crippen LogP contribution is -2.47. The summed E-state index contributed by atoms with van der Waals surface area (Å²) in [5.41, 5.74) is 1.16. The van der Waals surface area contributed by atoms with Gasteiger partial charge in [-0.1, -0.05) is 18.2 Å². The molecule has 4 rings (SSSR count). The maximum Gasteiger partial charge on any atom is 0.416 e. The van der Waals surface area contributed by atoms with E-state index < -0.39 is 11.7 Å². The normalized spacial score (nSPS) is 18.6. The lowest BCUT2D eigenvalue weighted by Gasteiger charge is -2.37. The van der Waals surface area contributed by atoms with Crippen LogP contribution in [0.3, 0.4) is 0 Å². The average Bonchev–Trinajstić information content (AvgIpc) is 3.37. The number of piperidine rings is 1. The van der Waals surface area contributed by atoms with Crippen LogP contribution in [-0.2, 0) is 23.9 Å². The van der Waals surface area contributed by atoms with Crippen LogP contribution in [0.5, 0.6) is 11.5 Å². The molecule has 0 aliphatic carbocycles. The third-order valence-electron chi connectivity index (χ3n) is 6.22. The van der Waals surface area contributed by atoms with Gasteiger partial charge in [0.15, 0.2) is 0 Å². The molecule has 0 radical (unpaired) electrons. The van der Waals surface area contributed by atoms with Crippen molar-refractivity contribution in [1.82, 2.24) is 20.2 Å². The van der Waals surface area contributed by atoms with Crippen molar-refractivity contribution in [3.05, 3.63) is 77.9 Å². The molecule has 3 aromatic rings. The van der Waals surface area contributed by atoms with E-state index in [1.807, 2.05) is 12.1 Å². The number of aromatic hydroxyl groups is 1. The number of hydrogen-bond acceptors (Lipinski definition) is 5. The van der Waals surface area contributed by atoms with E-state index in [1.54, 1.807) is 24.7 Å². The van der Waals surface area contributed by atoms with Crippen LogP contribution in [0.1, 0.15) is 23.2 Å². The Bertz CT molecular complexity index is 1120. The van der Waals surface area contributed by atoms with Gasteiger partial charge in [0, 0.05) is 50.4 Å². The second-order valence-corrected chi connectivity index (χ2v) is 9.11. The van der Waals surface area contributed by atoms with Crippen LogP contribution in [0.4, 0.5) is 13.2 Å². The third-order valence-corrected chi connectivity index (χ3v) is 6.22. The molecule has 1 aliphatic rings. The Morgan fingerprint density at radius 3 is 2.72 bits per heavy atom. The fourth-order valence-electron chi connectivity index (χ4n) is 4.46. The van der Waals surface area contributed by atoms with Crippen molar-refractivity contribution in [2.45, 2.75) is 25.6 Å². The van der Waals surface area contributed by atoms with Crippen molar-refractivity contribution >= 4 is 5.91 Å². The van der Waals surface area contributed by atoms with E-state index in [0.717, 1.165) is 23.4 Å². The van der Waals surface area contributed by atoms with Gasteiger partial charge in [-0.3, -0.25) is 9.69 Å². The zero-order chi connectivity index (χ0) is 25.5. The van der Waals surface area contributed by atoms with Crippen LogP contribution in [0, 0.1) is 11.8 Å². The molecule has 0 saturated carbocycles. The van der Waals surface area contributed by atoms with Gasteiger partial charge in [-0.05, 0) is 42.3 Å². The van der Waals surface area contributed by atoms with Crippen LogP contribution >= 0.6 is 0 Å². The number of H-pyrrole nitrogens is 1. The Hall–Kier alpha value is -3.53. The number of aromatic nitrogens is 2. The number of halogens is 3. The van der Waals surface area contributed by atoms with Gasteiger partial charge < -0.3 is 20.1 Å². The van der Waals surface area contributed by atoms with Gasteiger partial charge in [0.2, 0.25) is 5.91 Å². The molecule has 7 nitrogen and oxygen atoms in total. The van der Waals surface area contributed by atoms with Gasteiger partial charge in [0.25, 0.3) is 0 Å². The Morgan fingerprint density at radius 1 is 1.19 bits per heavy atom. The van der Waals surface area contributed by atoms with Crippen LogP contribution in [0.2, 0.25) is 0 Å². The molecule has 0 bridgehead atoms. The molecule has 1 saturated heterocycles. The second-order valence-electron chi connectivity index (χ2n) is 9.11. The maximum absolute atomic E-state index is 13.1. The monoisotopic (exact) mass is 502 g/mol. The number of phenolic OH excluding ortho intramolecular Hbond substituents is 1. The van der Waals surface area contributed by atoms with Crippen LogP contribution in [0.25, 0.3) is 0 Å². The molecule has 10 heteroatoms. The minimum atomic E-state index is -4.44. The highest BCUT2D eigenvalue weighted by Crippen LogP contribution is 2.32. The number of rotatable bonds is 9. The maximum atomic E-state index is 13.1. The van der Waals surface area contributed by atoms with Crippen molar-refractivity contribution in [3.63, 3.8) is 0 Å². The van der Waals surface area contributed by atoms with E-state index in [9.17, 15) is 23.1 Å². The number of carbonyl (C=O) groups excluding carboxylic acids is 1. The minimum Gasteiger partial charge on any atom is -0.508 e. The summed E-state index contributed by atoms with van der Waals surface area (Å²) in [6.45, 7) is 2.44. The van der Waals surface area contributed by atoms with E-state index in [0.29, 0.717) is 39.0 Å². The highest BCUT2D eigenvalue weighted by atomic mass is 19.4. The largest absolute Gasteiger partial charge is 0.508 e. The predicted octanol–water partition coefficient (Wildman–Crippen LogP) is 4.01. The quantitative estimate of drug-likeness (QED) is 0.412. The molecule has 0 spiro atoms. The van der Waals surface area contributed by atoms with Crippen LogP contribution < -0.4 is 10.1 Å². The topological polar surface area (TPSA) is 90.5 Å². The molecule has 1 aromatic heterocycles. The Balaban J connectivity index is 1.39. The molecule has 3 N–H and O–H groups in total. The molecule has 0 unspecified atom stereocenters. The molecule has 2 aromatic carbocycles. The fourth-order valence-corrected chi connectivity index (χ4v) is 4.46. The third kappa shape index (κ3) is 7.24. The Kier molecular flexibility index (Phi) is 8.14. The van der Waals surface area contributed by atoms with Crippen molar-refractivity contribution < 1.29 is 27.8 Å². The van der Waals surface area contributed by atoms with E-state index in [2.05, 4.69) is 20.2 Å². The first-order valence-electron chi connectivity index (χ1n) is 11.8. The van der Waals surface area contributed by atoms with Gasteiger partial charge in [-0.25, -0.2) is 4.98 Å². The predicted molar refractivity (Wildman–Crippen MR) is 127 cm³/mol. The molecule has 2 heterocycles. The summed E-state index contributed by atoms with van der Waals surface area (Å²) >= 11 is 0. The number of likely N-dealkylation sites (tertiary alicyclic amines) is 1. The number of nitrogens with one attached hydrogen (secondary N) is 2. The van der Waals surface area contributed by atoms with Crippen molar-refractivity contribution in [2.24, 2.45) is 11.8 Å². The van der Waals surface area contributed by atoms with E-state index in [-0.39, 0.29) is 35.8 Å². The number of phenols is 1. The molecule has 2 atom stereocenters. The lowest BCUT2D eigenvalue weighted by molar-refractivity contribution is -0.137. The number of amides is 1. The van der Waals surface area contributed by atoms with E-state index in [1.165, 1.54) is 12.1 Å². The first kappa shape index (κ1) is 25.6. The highest BCUT2D eigenvalue weighted by molar-refractivity contribution is 5.79. The number of aromatic amines is 1. The molecule has 1 aliphatic heterocycles. The smallest absolute Gasteiger partial charge is 0.416 e. The van der Waals surface area contributed by atoms with Crippen molar-refractivity contribution in [2.75, 3.05) is 26.2 Å². The average molecular weight is 503 g/mol. The number of alkyl halides is 3. The first-order valence-corrected chi connectivity index (χ1v) is 11.8. The van der Waals surface area contributed by atoms with E-state index in [4.69, 9.17) is 4.74 Å². The SMILES string of the molecule is O=C(NCCc1cnc[nH]1)[C@@H]1C[C@H](COc2cccc(C(F)(F)F)c2)CN(Cc2ccc(O)cc2)C1. The zero-order valence-electron chi connectivity index (χ0n) is 19.7. The number of hydrogen-bond donors (Lipinski definition) is 3. The highest BCUT2D eigenvalue weighted by Gasteiger charge is 2.33. The van der Waals surface area contributed by atoms with Crippen molar-refractivity contribution in [3.8, 4) is 11.5 Å². The Morgan fingerprint density at radius 2 is 2.00 bits per heavy atom. The molecule has 192 valence electrons. The number of ether oxygens (including phenoxy) is 1. The van der Waals surface area contributed by atoms with Crippen molar-refractivity contribution in [1.29, 1.82) is 0 Å². The van der Waals surface area contributed by atoms with Gasteiger partial charge in [0.1, 0.15) is 11.5 Å². The summed E-state index contributed by atoms with van der Waals surface area (Å²) in [6.07, 6.45) is 0.0744. The standard InChI is InChI=1S/C26H29F3N4O3/c27-26(28,29)21-2-1-3-24(11-21)36-16-19-10-20(25(35)31-9-8-22-12-30-17-32-22)15-33(14-19)13-18-4-6-23(34)7-5-18/h1-7,11-12,17,19-20,34H,8-10,13-16H2,(H,30,32)(H,31,35)/t19-,20+/m0/s1. The van der Waals surface area contributed by atoms with Crippen LogP contribution in [0.15, 0.2) is 61.1 Å². The molecule has 1 amide bonds. The summed E-state index contributed by atoms with van der Waals surface area (Å²) in [5, 5.41) is 12.5. The molecule has 1 fully saturated rings. The van der Waals surface area contributed by atoms with Gasteiger partial charge in [0.05, 0.1) is 24.4 Å². The second kappa shape index (κ2) is 11.5. The summed E-state index contributed by atoms with van der Waals surface area (Å²) in [7, 11) is 0. The number of nitrogens with zero attached hydrogens (tertiary/aromatic N) is 2. The van der Waals surface area contributed by atoms with Gasteiger partial charge in [-0.15, -0.1) is 0 Å². The van der Waals surface area contributed by atoms with E-state index >= 15 is 0 Å². The summed E-state index contributed by atoms with van der Waals surface area (Å²) in [6, 6.07) is 11.7. The van der Waals surface area contributed by atoms with Gasteiger partial charge >= 0.3 is 6.18 Å². The molecular formula is C26H29F3N4O3. The summed E-state index contributed by atoms with van der Waals surface area (Å²) in [5.74, 6) is -0.0594. The summed E-state index contributed by atoms with van der Waals surface area (Å²) < 4.78 is 44.9. The van der Waals surface area contributed by atoms with Crippen LogP contribution in [-0.4, -0.2) is 52.1 Å². The minimum absolute atomic E-state index is 0.0474. The zero-order valence-corrected chi connectivity index (χ0v) is 19.7. The number of imidazole rings is 1. The first-order chi connectivity index (χ1) is 17.3. The fraction of sp³-hybridized carbons (Fsp3) is 0.385. The lowest BCUT2D eigenvalue weighted by atomic mass is 9.88. The molecule has 36 heavy (non-hydrogen) atoms. The Labute approximate surface area is 207 Å². The van der Waals surface area contributed by atoms with Gasteiger partial charge in [-0.2, -0.15) is 13.2 Å². The summed E-state index contributed by atoms with van der Waals surface area (Å²) in [4.78, 5) is 22.1. The number of benzene rings is 2. The number of carbonyl (C=O) groups is 1.